The van der Waals surface area contributed by atoms with Gasteiger partial charge in [-0.3, -0.25) is 4.79 Å². The minimum absolute atomic E-state index is 0.291. The number of benzene rings is 2. The van der Waals surface area contributed by atoms with Gasteiger partial charge in [0.2, 0.25) is 0 Å². The standard InChI is InChI=1S/C17H13ClN2O2/c1-22-14-9-5-6-12(10-14)16-15(11-21)17(18)20(19-16)13-7-3-2-4-8-13/h2-11H,1H3. The molecule has 0 amide bonds. The summed E-state index contributed by atoms with van der Waals surface area (Å²) in [5, 5.41) is 4.79. The molecular formula is C17H13ClN2O2. The average molecular weight is 313 g/mol. The molecule has 0 aliphatic heterocycles. The molecule has 3 rings (SSSR count). The lowest BCUT2D eigenvalue weighted by molar-refractivity contribution is 0.112. The van der Waals surface area contributed by atoms with Gasteiger partial charge in [0.25, 0.3) is 0 Å². The third-order valence-corrected chi connectivity index (χ3v) is 3.69. The summed E-state index contributed by atoms with van der Waals surface area (Å²) in [5.74, 6) is 0.694. The molecule has 4 nitrogen and oxygen atoms in total. The molecule has 0 saturated heterocycles. The first-order valence-electron chi connectivity index (χ1n) is 6.68. The second-order valence-corrected chi connectivity index (χ2v) is 5.01. The van der Waals surface area contributed by atoms with Crippen molar-refractivity contribution in [2.45, 2.75) is 0 Å². The molecule has 0 saturated carbocycles. The quantitative estimate of drug-likeness (QED) is 0.684. The highest BCUT2D eigenvalue weighted by Crippen LogP contribution is 2.31. The Bertz CT molecular complexity index is 813. The summed E-state index contributed by atoms with van der Waals surface area (Å²) in [6, 6.07) is 16.8. The summed E-state index contributed by atoms with van der Waals surface area (Å²) >= 11 is 6.33. The minimum Gasteiger partial charge on any atom is -0.497 e. The number of hydrogen-bond donors (Lipinski definition) is 0. The van der Waals surface area contributed by atoms with Crippen LogP contribution in [-0.4, -0.2) is 23.2 Å². The fraction of sp³-hybridized carbons (Fsp3) is 0.0588. The molecule has 0 unspecified atom stereocenters. The lowest BCUT2D eigenvalue weighted by Gasteiger charge is -2.03. The lowest BCUT2D eigenvalue weighted by Crippen LogP contribution is -1.96. The van der Waals surface area contributed by atoms with Crippen molar-refractivity contribution in [1.29, 1.82) is 0 Å². The van der Waals surface area contributed by atoms with Crippen molar-refractivity contribution in [3.8, 4) is 22.7 Å². The number of para-hydroxylation sites is 1. The molecule has 110 valence electrons. The summed E-state index contributed by atoms with van der Waals surface area (Å²) in [6.45, 7) is 0. The van der Waals surface area contributed by atoms with Crippen LogP contribution in [-0.2, 0) is 0 Å². The summed E-state index contributed by atoms with van der Waals surface area (Å²) in [7, 11) is 1.59. The van der Waals surface area contributed by atoms with E-state index in [-0.39, 0.29) is 0 Å². The first kappa shape index (κ1) is 14.4. The fourth-order valence-electron chi connectivity index (χ4n) is 2.24. The average Bonchev–Trinajstić information content (AvgIpc) is 2.92. The maximum absolute atomic E-state index is 11.5. The third kappa shape index (κ3) is 2.49. The van der Waals surface area contributed by atoms with Crippen LogP contribution in [0.15, 0.2) is 54.6 Å². The smallest absolute Gasteiger partial charge is 0.155 e. The van der Waals surface area contributed by atoms with Crippen molar-refractivity contribution >= 4 is 17.9 Å². The van der Waals surface area contributed by atoms with E-state index in [0.717, 1.165) is 17.5 Å². The predicted octanol–water partition coefficient (Wildman–Crippen LogP) is 4.01. The zero-order valence-electron chi connectivity index (χ0n) is 11.9. The molecule has 5 heteroatoms. The van der Waals surface area contributed by atoms with Gasteiger partial charge in [0, 0.05) is 5.56 Å². The van der Waals surface area contributed by atoms with E-state index in [2.05, 4.69) is 5.10 Å². The second-order valence-electron chi connectivity index (χ2n) is 4.65. The van der Waals surface area contributed by atoms with Gasteiger partial charge in [-0.2, -0.15) is 5.10 Å². The van der Waals surface area contributed by atoms with Crippen molar-refractivity contribution in [2.75, 3.05) is 7.11 Å². The Kier molecular flexibility index (Phi) is 3.94. The Morgan fingerprint density at radius 2 is 1.91 bits per heavy atom. The molecule has 0 radical (unpaired) electrons. The van der Waals surface area contributed by atoms with E-state index in [1.54, 1.807) is 11.8 Å². The Balaban J connectivity index is 2.18. The zero-order valence-corrected chi connectivity index (χ0v) is 12.6. The maximum Gasteiger partial charge on any atom is 0.155 e. The molecule has 1 heterocycles. The van der Waals surface area contributed by atoms with Gasteiger partial charge in [-0.25, -0.2) is 4.68 Å². The van der Waals surface area contributed by atoms with Gasteiger partial charge in [-0.05, 0) is 24.3 Å². The van der Waals surface area contributed by atoms with Crippen LogP contribution in [0.1, 0.15) is 10.4 Å². The summed E-state index contributed by atoms with van der Waals surface area (Å²) in [4.78, 5) is 11.5. The summed E-state index contributed by atoms with van der Waals surface area (Å²) in [5.41, 5.74) is 2.46. The number of halogens is 1. The SMILES string of the molecule is COc1cccc(-c2nn(-c3ccccc3)c(Cl)c2C=O)c1. The van der Waals surface area contributed by atoms with Gasteiger partial charge in [-0.1, -0.05) is 41.9 Å². The molecule has 0 spiro atoms. The van der Waals surface area contributed by atoms with Gasteiger partial charge in [0.15, 0.2) is 6.29 Å². The van der Waals surface area contributed by atoms with Crippen molar-refractivity contribution < 1.29 is 9.53 Å². The maximum atomic E-state index is 11.5. The van der Waals surface area contributed by atoms with E-state index >= 15 is 0 Å². The van der Waals surface area contributed by atoms with E-state index in [0.29, 0.717) is 22.2 Å². The molecule has 0 aliphatic rings. The van der Waals surface area contributed by atoms with Crippen molar-refractivity contribution in [3.63, 3.8) is 0 Å². The number of methoxy groups -OCH3 is 1. The van der Waals surface area contributed by atoms with Crippen molar-refractivity contribution in [1.82, 2.24) is 9.78 Å². The van der Waals surface area contributed by atoms with Crippen molar-refractivity contribution in [2.24, 2.45) is 0 Å². The number of carbonyl (C=O) groups is 1. The molecule has 0 N–H and O–H groups in total. The normalized spacial score (nSPS) is 10.5. The van der Waals surface area contributed by atoms with Crippen LogP contribution in [0.4, 0.5) is 0 Å². The number of nitrogens with zero attached hydrogens (tertiary/aromatic N) is 2. The Morgan fingerprint density at radius 1 is 1.14 bits per heavy atom. The summed E-state index contributed by atoms with van der Waals surface area (Å²) < 4.78 is 6.77. The zero-order chi connectivity index (χ0) is 15.5. The van der Waals surface area contributed by atoms with E-state index in [4.69, 9.17) is 16.3 Å². The van der Waals surface area contributed by atoms with Gasteiger partial charge < -0.3 is 4.74 Å². The van der Waals surface area contributed by atoms with E-state index in [1.165, 1.54) is 0 Å². The molecule has 3 aromatic rings. The molecule has 0 atom stereocenters. The minimum atomic E-state index is 0.291. The Morgan fingerprint density at radius 3 is 2.59 bits per heavy atom. The highest BCUT2D eigenvalue weighted by molar-refractivity contribution is 6.32. The number of carbonyl (C=O) groups excluding carboxylic acids is 1. The van der Waals surface area contributed by atoms with Gasteiger partial charge in [0.05, 0.1) is 18.4 Å². The number of rotatable bonds is 4. The summed E-state index contributed by atoms with van der Waals surface area (Å²) in [6.07, 6.45) is 0.726. The van der Waals surface area contributed by atoms with Crippen LogP contribution >= 0.6 is 11.6 Å². The van der Waals surface area contributed by atoms with Gasteiger partial charge >= 0.3 is 0 Å². The highest BCUT2D eigenvalue weighted by atomic mass is 35.5. The largest absolute Gasteiger partial charge is 0.497 e. The van der Waals surface area contributed by atoms with Crippen LogP contribution in [0.2, 0.25) is 5.15 Å². The number of ether oxygens (including phenoxy) is 1. The number of aldehydes is 1. The van der Waals surface area contributed by atoms with Crippen LogP contribution in [0.3, 0.4) is 0 Å². The monoisotopic (exact) mass is 312 g/mol. The Labute approximate surface area is 132 Å². The van der Waals surface area contributed by atoms with Crippen LogP contribution in [0.5, 0.6) is 5.75 Å². The highest BCUT2D eigenvalue weighted by Gasteiger charge is 2.18. The number of hydrogen-bond acceptors (Lipinski definition) is 3. The van der Waals surface area contributed by atoms with Crippen LogP contribution in [0, 0.1) is 0 Å². The number of aromatic nitrogens is 2. The predicted molar refractivity (Wildman–Crippen MR) is 85.9 cm³/mol. The topological polar surface area (TPSA) is 44.1 Å². The van der Waals surface area contributed by atoms with Crippen LogP contribution < -0.4 is 4.74 Å². The first-order valence-corrected chi connectivity index (χ1v) is 7.06. The first-order chi connectivity index (χ1) is 10.7. The van der Waals surface area contributed by atoms with E-state index < -0.39 is 0 Å². The molecule has 22 heavy (non-hydrogen) atoms. The van der Waals surface area contributed by atoms with Gasteiger partial charge in [0.1, 0.15) is 16.6 Å². The van der Waals surface area contributed by atoms with Crippen molar-refractivity contribution in [3.05, 3.63) is 65.3 Å². The molecular weight excluding hydrogens is 300 g/mol. The molecule has 0 bridgehead atoms. The third-order valence-electron chi connectivity index (χ3n) is 3.33. The molecule has 0 aliphatic carbocycles. The second kappa shape index (κ2) is 6.03. The fourth-order valence-corrected chi connectivity index (χ4v) is 2.51. The van der Waals surface area contributed by atoms with Crippen LogP contribution in [0.25, 0.3) is 16.9 Å². The Hall–Kier alpha value is -2.59. The lowest BCUT2D eigenvalue weighted by atomic mass is 10.1. The molecule has 2 aromatic carbocycles. The van der Waals surface area contributed by atoms with Gasteiger partial charge in [-0.15, -0.1) is 0 Å². The molecule has 0 fully saturated rings. The van der Waals surface area contributed by atoms with E-state index in [1.807, 2.05) is 54.6 Å². The van der Waals surface area contributed by atoms with E-state index in [9.17, 15) is 4.79 Å². The molecule has 1 aromatic heterocycles.